The van der Waals surface area contributed by atoms with Crippen molar-refractivity contribution in [3.63, 3.8) is 0 Å². The van der Waals surface area contributed by atoms with Crippen LogP contribution in [0.2, 0.25) is 0 Å². The maximum Gasteiger partial charge on any atom is 0.266 e. The predicted molar refractivity (Wildman–Crippen MR) is 136 cm³/mol. The van der Waals surface area contributed by atoms with Gasteiger partial charge in [-0.2, -0.15) is 0 Å². The molecule has 0 aliphatic rings. The summed E-state index contributed by atoms with van der Waals surface area (Å²) in [5.74, 6) is 1.62. The van der Waals surface area contributed by atoms with Gasteiger partial charge in [0.2, 0.25) is 5.91 Å². The molecule has 9 heteroatoms. The van der Waals surface area contributed by atoms with Crippen LogP contribution in [0.1, 0.15) is 5.56 Å². The first-order chi connectivity index (χ1) is 17.0. The summed E-state index contributed by atoms with van der Waals surface area (Å²) in [6.45, 7) is 0.330. The van der Waals surface area contributed by atoms with Crippen LogP contribution >= 0.6 is 11.8 Å². The number of ether oxygens (including phenoxy) is 3. The molecule has 0 atom stereocenters. The van der Waals surface area contributed by atoms with Gasteiger partial charge < -0.3 is 19.5 Å². The van der Waals surface area contributed by atoms with Crippen molar-refractivity contribution in [2.75, 3.05) is 27.1 Å². The molecule has 1 heterocycles. The van der Waals surface area contributed by atoms with Crippen LogP contribution in [0.4, 0.5) is 0 Å². The van der Waals surface area contributed by atoms with Crippen molar-refractivity contribution in [2.24, 2.45) is 0 Å². The van der Waals surface area contributed by atoms with Crippen LogP contribution in [0.15, 0.2) is 76.7 Å². The second-order valence-electron chi connectivity index (χ2n) is 7.47. The van der Waals surface area contributed by atoms with Crippen molar-refractivity contribution in [3.8, 4) is 22.9 Å². The van der Waals surface area contributed by atoms with E-state index in [0.29, 0.717) is 45.5 Å². The van der Waals surface area contributed by atoms with Crippen LogP contribution in [0.5, 0.6) is 17.2 Å². The van der Waals surface area contributed by atoms with Gasteiger partial charge in [0.25, 0.3) is 5.56 Å². The molecule has 180 valence electrons. The largest absolute Gasteiger partial charge is 0.496 e. The fraction of sp³-hybridized carbons (Fsp3) is 0.192. The van der Waals surface area contributed by atoms with Crippen molar-refractivity contribution in [1.29, 1.82) is 0 Å². The molecule has 0 unspecified atom stereocenters. The Balaban J connectivity index is 1.63. The highest BCUT2D eigenvalue weighted by atomic mass is 32.2. The first kappa shape index (κ1) is 24.2. The second kappa shape index (κ2) is 11.0. The van der Waals surface area contributed by atoms with Gasteiger partial charge in [-0.25, -0.2) is 4.98 Å². The molecule has 4 aromatic rings. The van der Waals surface area contributed by atoms with E-state index in [-0.39, 0.29) is 17.2 Å². The van der Waals surface area contributed by atoms with Gasteiger partial charge in [0.15, 0.2) is 16.7 Å². The molecule has 0 radical (unpaired) electrons. The van der Waals surface area contributed by atoms with Crippen molar-refractivity contribution < 1.29 is 19.0 Å². The lowest BCUT2D eigenvalue weighted by atomic mass is 10.2. The Morgan fingerprint density at radius 2 is 1.63 bits per heavy atom. The van der Waals surface area contributed by atoms with Crippen molar-refractivity contribution >= 4 is 28.6 Å². The van der Waals surface area contributed by atoms with E-state index < -0.39 is 0 Å². The predicted octanol–water partition coefficient (Wildman–Crippen LogP) is 3.82. The molecule has 1 aromatic heterocycles. The zero-order chi connectivity index (χ0) is 24.8. The number of nitrogens with zero attached hydrogens (tertiary/aromatic N) is 2. The number of nitrogens with one attached hydrogen (secondary N) is 1. The van der Waals surface area contributed by atoms with E-state index in [2.05, 4.69) is 10.3 Å². The summed E-state index contributed by atoms with van der Waals surface area (Å²) < 4.78 is 17.6. The average molecular weight is 492 g/mol. The number of amides is 1. The minimum atomic E-state index is -0.236. The number of para-hydroxylation sites is 2. The monoisotopic (exact) mass is 491 g/mol. The SMILES string of the molecule is COc1ccccc1CNC(=O)CSc1nc2ccccc2c(=O)n1-c1ccc(OC)c(OC)c1. The van der Waals surface area contributed by atoms with Crippen molar-refractivity contribution in [2.45, 2.75) is 11.7 Å². The smallest absolute Gasteiger partial charge is 0.266 e. The average Bonchev–Trinajstić information content (AvgIpc) is 2.90. The molecule has 4 rings (SSSR count). The van der Waals surface area contributed by atoms with E-state index in [1.807, 2.05) is 30.3 Å². The van der Waals surface area contributed by atoms with Gasteiger partial charge in [0, 0.05) is 18.2 Å². The molecule has 0 bridgehead atoms. The molecule has 3 aromatic carbocycles. The lowest BCUT2D eigenvalue weighted by Crippen LogP contribution is -2.26. The summed E-state index contributed by atoms with van der Waals surface area (Å²) in [7, 11) is 4.67. The molecule has 0 aliphatic carbocycles. The first-order valence-corrected chi connectivity index (χ1v) is 11.8. The number of benzene rings is 3. The van der Waals surface area contributed by atoms with Crippen LogP contribution in [-0.4, -0.2) is 42.5 Å². The number of rotatable bonds is 9. The third-order valence-corrected chi connectivity index (χ3v) is 6.31. The van der Waals surface area contributed by atoms with E-state index in [9.17, 15) is 9.59 Å². The van der Waals surface area contributed by atoms with Gasteiger partial charge in [-0.15, -0.1) is 0 Å². The summed E-state index contributed by atoms with van der Waals surface area (Å²) in [4.78, 5) is 30.8. The molecule has 0 fully saturated rings. The normalized spacial score (nSPS) is 10.7. The maximum absolute atomic E-state index is 13.5. The minimum absolute atomic E-state index is 0.0766. The summed E-state index contributed by atoms with van der Waals surface area (Å²) in [5.41, 5.74) is 1.76. The molecule has 1 amide bonds. The number of aromatic nitrogens is 2. The lowest BCUT2D eigenvalue weighted by molar-refractivity contribution is -0.118. The number of thioether (sulfide) groups is 1. The molecule has 0 saturated heterocycles. The van der Waals surface area contributed by atoms with Gasteiger partial charge >= 0.3 is 0 Å². The van der Waals surface area contributed by atoms with E-state index in [1.54, 1.807) is 50.6 Å². The topological polar surface area (TPSA) is 91.7 Å². The van der Waals surface area contributed by atoms with Crippen molar-refractivity contribution in [3.05, 3.63) is 82.6 Å². The van der Waals surface area contributed by atoms with Crippen LogP contribution in [0, 0.1) is 0 Å². The van der Waals surface area contributed by atoms with Crippen LogP contribution in [-0.2, 0) is 11.3 Å². The Morgan fingerprint density at radius 3 is 2.40 bits per heavy atom. The van der Waals surface area contributed by atoms with Crippen molar-refractivity contribution in [1.82, 2.24) is 14.9 Å². The second-order valence-corrected chi connectivity index (χ2v) is 8.41. The van der Waals surface area contributed by atoms with Crippen LogP contribution in [0.3, 0.4) is 0 Å². The Morgan fingerprint density at radius 1 is 0.914 bits per heavy atom. The molecular weight excluding hydrogens is 466 g/mol. The van der Waals surface area contributed by atoms with Crippen LogP contribution in [0.25, 0.3) is 16.6 Å². The third kappa shape index (κ3) is 5.25. The molecule has 35 heavy (non-hydrogen) atoms. The number of carbonyl (C=O) groups excluding carboxylic acids is 1. The number of fused-ring (bicyclic) bond motifs is 1. The first-order valence-electron chi connectivity index (χ1n) is 10.8. The third-order valence-electron chi connectivity index (χ3n) is 5.37. The zero-order valence-electron chi connectivity index (χ0n) is 19.6. The number of hydrogen-bond donors (Lipinski definition) is 1. The Bertz CT molecular complexity index is 1420. The summed E-state index contributed by atoms with van der Waals surface area (Å²) in [5, 5.41) is 3.77. The molecule has 1 N–H and O–H groups in total. The number of methoxy groups -OCH3 is 3. The van der Waals surface area contributed by atoms with Crippen LogP contribution < -0.4 is 25.1 Å². The standard InChI is InChI=1S/C26H25N3O5S/c1-32-21-11-7-4-8-17(21)15-27-24(30)16-35-26-28-20-10-6-5-9-19(20)25(31)29(26)18-12-13-22(33-2)23(14-18)34-3/h4-14H,15-16H2,1-3H3,(H,27,30). The lowest BCUT2D eigenvalue weighted by Gasteiger charge is -2.15. The summed E-state index contributed by atoms with van der Waals surface area (Å²) in [6.07, 6.45) is 0. The van der Waals surface area contributed by atoms with E-state index in [4.69, 9.17) is 14.2 Å². The van der Waals surface area contributed by atoms with Gasteiger partial charge in [-0.05, 0) is 30.3 Å². The Hall–Kier alpha value is -3.98. The van der Waals surface area contributed by atoms with Gasteiger partial charge in [0.05, 0.1) is 43.7 Å². The fourth-order valence-electron chi connectivity index (χ4n) is 3.62. The molecule has 8 nitrogen and oxygen atoms in total. The quantitative estimate of drug-likeness (QED) is 0.281. The Kier molecular flexibility index (Phi) is 7.57. The highest BCUT2D eigenvalue weighted by Gasteiger charge is 2.17. The highest BCUT2D eigenvalue weighted by molar-refractivity contribution is 7.99. The molecule has 0 aliphatic heterocycles. The number of hydrogen-bond acceptors (Lipinski definition) is 7. The number of carbonyl (C=O) groups is 1. The van der Waals surface area contributed by atoms with Gasteiger partial charge in [-0.1, -0.05) is 42.1 Å². The molecule has 0 spiro atoms. The van der Waals surface area contributed by atoms with E-state index in [1.165, 1.54) is 23.4 Å². The minimum Gasteiger partial charge on any atom is -0.496 e. The van der Waals surface area contributed by atoms with E-state index >= 15 is 0 Å². The Labute approximate surface area is 206 Å². The zero-order valence-corrected chi connectivity index (χ0v) is 20.4. The van der Waals surface area contributed by atoms with Gasteiger partial charge in [-0.3, -0.25) is 14.2 Å². The fourth-order valence-corrected chi connectivity index (χ4v) is 4.47. The van der Waals surface area contributed by atoms with E-state index in [0.717, 1.165) is 5.56 Å². The van der Waals surface area contributed by atoms with Gasteiger partial charge in [0.1, 0.15) is 5.75 Å². The summed E-state index contributed by atoms with van der Waals surface area (Å²) in [6, 6.07) is 19.8. The highest BCUT2D eigenvalue weighted by Crippen LogP contribution is 2.30. The molecular formula is C26H25N3O5S. The summed E-state index contributed by atoms with van der Waals surface area (Å²) >= 11 is 1.18. The maximum atomic E-state index is 13.5. The molecule has 0 saturated carbocycles.